The second-order valence-electron chi connectivity index (χ2n) is 4.59. The van der Waals surface area contributed by atoms with E-state index in [1.807, 2.05) is 6.07 Å². The van der Waals surface area contributed by atoms with Crippen molar-refractivity contribution in [1.82, 2.24) is 10.6 Å². The molecule has 0 heterocycles. The Morgan fingerprint density at radius 1 is 1.05 bits per heavy atom. The Morgan fingerprint density at radius 3 is 2.05 bits per heavy atom. The summed E-state index contributed by atoms with van der Waals surface area (Å²) in [6, 6.07) is 7.97. The van der Waals surface area contributed by atoms with Gasteiger partial charge in [0.05, 0.1) is 6.04 Å². The molecule has 0 saturated heterocycles. The monoisotopic (exact) mass is 276 g/mol. The van der Waals surface area contributed by atoms with E-state index >= 15 is 0 Å². The maximum absolute atomic E-state index is 11.7. The smallest absolute Gasteiger partial charge is 0.315 e. The molecule has 0 spiro atoms. The van der Waals surface area contributed by atoms with Crippen LogP contribution in [0.25, 0.3) is 0 Å². The van der Waals surface area contributed by atoms with Crippen molar-refractivity contribution in [1.29, 1.82) is 0 Å². The number of ketones is 2. The van der Waals surface area contributed by atoms with Crippen LogP contribution in [0.15, 0.2) is 30.3 Å². The molecule has 2 N–H and O–H groups in total. The molecule has 5 nitrogen and oxygen atoms in total. The highest BCUT2D eigenvalue weighted by atomic mass is 16.2. The van der Waals surface area contributed by atoms with Gasteiger partial charge in [0.1, 0.15) is 17.5 Å². The van der Waals surface area contributed by atoms with E-state index in [1.165, 1.54) is 13.8 Å². The summed E-state index contributed by atoms with van der Waals surface area (Å²) in [6.45, 7) is 4.99. The zero-order valence-electron chi connectivity index (χ0n) is 12.0. The van der Waals surface area contributed by atoms with Crippen molar-refractivity contribution in [3.8, 4) is 0 Å². The molecule has 0 aliphatic rings. The van der Waals surface area contributed by atoms with Gasteiger partial charge in [0.15, 0.2) is 0 Å². The van der Waals surface area contributed by atoms with Crippen molar-refractivity contribution in [3.63, 3.8) is 0 Å². The van der Waals surface area contributed by atoms with Crippen LogP contribution in [-0.4, -0.2) is 24.1 Å². The average molecular weight is 276 g/mol. The number of carbonyl (C=O) groups is 3. The molecule has 5 heteroatoms. The van der Waals surface area contributed by atoms with Gasteiger partial charge in [0, 0.05) is 6.54 Å². The van der Waals surface area contributed by atoms with E-state index in [9.17, 15) is 14.4 Å². The van der Waals surface area contributed by atoms with Crippen LogP contribution >= 0.6 is 0 Å². The van der Waals surface area contributed by atoms with E-state index in [1.54, 1.807) is 31.2 Å². The third-order valence-corrected chi connectivity index (χ3v) is 2.99. The molecule has 0 unspecified atom stereocenters. The van der Waals surface area contributed by atoms with Gasteiger partial charge in [-0.25, -0.2) is 4.79 Å². The van der Waals surface area contributed by atoms with Gasteiger partial charge in [-0.2, -0.15) is 0 Å². The highest BCUT2D eigenvalue weighted by Crippen LogP contribution is 2.23. The van der Waals surface area contributed by atoms with Gasteiger partial charge in [-0.3, -0.25) is 9.59 Å². The third kappa shape index (κ3) is 4.19. The van der Waals surface area contributed by atoms with Crippen LogP contribution in [0.1, 0.15) is 32.4 Å². The number of Topliss-reactive ketones (excluding diaryl/α,β-unsaturated/α-hetero) is 2. The lowest BCUT2D eigenvalue weighted by Crippen LogP contribution is -2.43. The van der Waals surface area contributed by atoms with Gasteiger partial charge >= 0.3 is 6.03 Å². The van der Waals surface area contributed by atoms with Crippen molar-refractivity contribution in [2.75, 3.05) is 6.54 Å². The Bertz CT molecular complexity index is 471. The molecule has 1 aromatic carbocycles. The highest BCUT2D eigenvalue weighted by molar-refractivity contribution is 6.01. The minimum atomic E-state index is -0.875. The van der Waals surface area contributed by atoms with Crippen molar-refractivity contribution >= 4 is 17.6 Å². The van der Waals surface area contributed by atoms with Gasteiger partial charge in [-0.05, 0) is 26.3 Å². The third-order valence-electron chi connectivity index (χ3n) is 2.99. The van der Waals surface area contributed by atoms with E-state index in [-0.39, 0.29) is 11.6 Å². The first kappa shape index (κ1) is 15.9. The van der Waals surface area contributed by atoms with Gasteiger partial charge in [-0.1, -0.05) is 30.3 Å². The van der Waals surface area contributed by atoms with Crippen molar-refractivity contribution < 1.29 is 14.4 Å². The van der Waals surface area contributed by atoms with Gasteiger partial charge in [0.2, 0.25) is 0 Å². The first-order valence-electron chi connectivity index (χ1n) is 6.57. The second-order valence-corrected chi connectivity index (χ2v) is 4.59. The van der Waals surface area contributed by atoms with Gasteiger partial charge in [0.25, 0.3) is 0 Å². The molecule has 1 rings (SSSR count). The molecule has 20 heavy (non-hydrogen) atoms. The Hall–Kier alpha value is -2.17. The van der Waals surface area contributed by atoms with Gasteiger partial charge < -0.3 is 10.6 Å². The summed E-state index contributed by atoms with van der Waals surface area (Å²) in [5.74, 6) is -1.40. The molecule has 0 saturated carbocycles. The van der Waals surface area contributed by atoms with Crippen LogP contribution in [-0.2, 0) is 9.59 Å². The normalized spacial score (nSPS) is 11.8. The van der Waals surface area contributed by atoms with Crippen LogP contribution in [0.2, 0.25) is 0 Å². The molecule has 0 bridgehead atoms. The first-order valence-corrected chi connectivity index (χ1v) is 6.57. The number of benzene rings is 1. The molecule has 0 fully saturated rings. The largest absolute Gasteiger partial charge is 0.338 e. The second kappa shape index (κ2) is 7.43. The summed E-state index contributed by atoms with van der Waals surface area (Å²) in [5, 5.41) is 5.31. The molecular formula is C15H20N2O3. The van der Waals surface area contributed by atoms with Crippen LogP contribution in [0.3, 0.4) is 0 Å². The van der Waals surface area contributed by atoms with E-state index in [0.717, 1.165) is 5.56 Å². The fourth-order valence-electron chi connectivity index (χ4n) is 2.13. The summed E-state index contributed by atoms with van der Waals surface area (Å²) in [7, 11) is 0. The zero-order valence-corrected chi connectivity index (χ0v) is 12.0. The summed E-state index contributed by atoms with van der Waals surface area (Å²) in [4.78, 5) is 35.2. The Labute approximate surface area is 118 Å². The van der Waals surface area contributed by atoms with Crippen molar-refractivity contribution in [2.45, 2.75) is 26.8 Å². The molecule has 0 aliphatic heterocycles. The fraction of sp³-hybridized carbons (Fsp3) is 0.400. The number of rotatable bonds is 6. The van der Waals surface area contributed by atoms with Gasteiger partial charge in [-0.15, -0.1) is 0 Å². The summed E-state index contributed by atoms with van der Waals surface area (Å²) in [6.07, 6.45) is 0. The fourth-order valence-corrected chi connectivity index (χ4v) is 2.13. The maximum atomic E-state index is 11.7. The summed E-state index contributed by atoms with van der Waals surface area (Å²) in [5.41, 5.74) is 0.731. The molecule has 0 aliphatic carbocycles. The Morgan fingerprint density at radius 2 is 1.60 bits per heavy atom. The minimum Gasteiger partial charge on any atom is -0.338 e. The molecule has 2 amide bonds. The quantitative estimate of drug-likeness (QED) is 0.778. The summed E-state index contributed by atoms with van der Waals surface area (Å²) < 4.78 is 0. The molecule has 1 aromatic rings. The van der Waals surface area contributed by atoms with E-state index in [4.69, 9.17) is 0 Å². The lowest BCUT2D eigenvalue weighted by atomic mass is 9.87. The Kier molecular flexibility index (Phi) is 5.90. The number of carbonyl (C=O) groups excluding carboxylic acids is 3. The molecular weight excluding hydrogens is 256 g/mol. The number of urea groups is 1. The maximum Gasteiger partial charge on any atom is 0.315 e. The average Bonchev–Trinajstić information content (AvgIpc) is 2.38. The van der Waals surface area contributed by atoms with E-state index in [2.05, 4.69) is 10.6 Å². The number of hydrogen-bond donors (Lipinski definition) is 2. The predicted octanol–water partition coefficient (Wildman–Crippen LogP) is 1.84. The first-order chi connectivity index (χ1) is 9.47. The lowest BCUT2D eigenvalue weighted by Gasteiger charge is -2.25. The summed E-state index contributed by atoms with van der Waals surface area (Å²) >= 11 is 0. The predicted molar refractivity (Wildman–Crippen MR) is 76.2 cm³/mol. The molecule has 0 radical (unpaired) electrons. The highest BCUT2D eigenvalue weighted by Gasteiger charge is 2.32. The SMILES string of the molecule is CCNC(=O)N[C@@H](c1ccccc1)C(C(C)=O)C(C)=O. The topological polar surface area (TPSA) is 75.3 Å². The number of amides is 2. The lowest BCUT2D eigenvalue weighted by molar-refractivity contribution is -0.131. The minimum absolute atomic E-state index is 0.261. The molecule has 0 aromatic heterocycles. The van der Waals surface area contributed by atoms with Crippen LogP contribution in [0, 0.1) is 5.92 Å². The number of hydrogen-bond acceptors (Lipinski definition) is 3. The van der Waals surface area contributed by atoms with Crippen molar-refractivity contribution in [3.05, 3.63) is 35.9 Å². The zero-order chi connectivity index (χ0) is 15.1. The Balaban J connectivity index is 3.09. The van der Waals surface area contributed by atoms with Crippen LogP contribution < -0.4 is 10.6 Å². The van der Waals surface area contributed by atoms with Crippen LogP contribution in [0.4, 0.5) is 4.79 Å². The van der Waals surface area contributed by atoms with E-state index < -0.39 is 18.0 Å². The number of nitrogens with one attached hydrogen (secondary N) is 2. The standard InChI is InChI=1S/C15H20N2O3/c1-4-16-15(20)17-14(12-8-6-5-7-9-12)13(10(2)18)11(3)19/h5-9,13-14H,4H2,1-3H3,(H2,16,17,20)/t14-/m0/s1. The van der Waals surface area contributed by atoms with Crippen LogP contribution in [0.5, 0.6) is 0 Å². The van der Waals surface area contributed by atoms with E-state index in [0.29, 0.717) is 6.54 Å². The van der Waals surface area contributed by atoms with Crippen molar-refractivity contribution in [2.24, 2.45) is 5.92 Å². The molecule has 1 atom stereocenters. The molecule has 108 valence electrons.